The Labute approximate surface area is 187 Å². The van der Waals surface area contributed by atoms with E-state index in [4.69, 9.17) is 16.3 Å². The van der Waals surface area contributed by atoms with E-state index in [1.165, 1.54) is 6.07 Å². The maximum atomic E-state index is 13.7. The van der Waals surface area contributed by atoms with Crippen LogP contribution >= 0.6 is 23.4 Å². The second-order valence-electron chi connectivity index (χ2n) is 6.36. The van der Waals surface area contributed by atoms with Gasteiger partial charge >= 0.3 is 0 Å². The number of rotatable bonds is 9. The van der Waals surface area contributed by atoms with Gasteiger partial charge in [-0.3, -0.25) is 9.36 Å². The minimum absolute atomic E-state index is 0.122. The van der Waals surface area contributed by atoms with E-state index in [1.54, 1.807) is 41.8 Å². The molecule has 3 aromatic rings. The highest BCUT2D eigenvalue weighted by Crippen LogP contribution is 2.29. The van der Waals surface area contributed by atoms with E-state index in [9.17, 15) is 13.6 Å². The summed E-state index contributed by atoms with van der Waals surface area (Å²) in [4.78, 5) is 12.2. The van der Waals surface area contributed by atoms with Crippen LogP contribution in [-0.2, 0) is 11.3 Å². The first-order chi connectivity index (χ1) is 14.9. The molecule has 1 N–H and O–H groups in total. The van der Waals surface area contributed by atoms with E-state index in [-0.39, 0.29) is 5.75 Å². The summed E-state index contributed by atoms with van der Waals surface area (Å²) in [7, 11) is 0. The van der Waals surface area contributed by atoms with E-state index in [1.807, 2.05) is 0 Å². The van der Waals surface area contributed by atoms with Crippen LogP contribution in [0.3, 0.4) is 0 Å². The van der Waals surface area contributed by atoms with E-state index in [0.29, 0.717) is 28.3 Å². The number of benzene rings is 2. The normalized spacial score (nSPS) is 11.7. The predicted octanol–water partition coefficient (Wildman–Crippen LogP) is 5.27. The predicted molar refractivity (Wildman–Crippen MR) is 116 cm³/mol. The van der Waals surface area contributed by atoms with E-state index >= 15 is 0 Å². The van der Waals surface area contributed by atoms with Crippen LogP contribution in [0.1, 0.15) is 18.9 Å². The SMILES string of the molecule is C=CCn1c(SCC(=O)Nc2c(F)cccc2F)nnc1C(C)Oc1ccccc1Cl. The summed E-state index contributed by atoms with van der Waals surface area (Å²) in [6.45, 7) is 5.92. The number of aromatic nitrogens is 3. The van der Waals surface area contributed by atoms with Crippen molar-refractivity contribution in [1.82, 2.24) is 14.8 Å². The number of nitrogens with one attached hydrogen (secondary N) is 1. The topological polar surface area (TPSA) is 69.0 Å². The zero-order valence-electron chi connectivity index (χ0n) is 16.5. The molecule has 3 rings (SSSR count). The lowest BCUT2D eigenvalue weighted by molar-refractivity contribution is -0.113. The van der Waals surface area contributed by atoms with Crippen LogP contribution in [0, 0.1) is 11.6 Å². The Morgan fingerprint density at radius 3 is 2.65 bits per heavy atom. The molecule has 1 amide bonds. The summed E-state index contributed by atoms with van der Waals surface area (Å²) in [5.74, 6) is -1.37. The smallest absolute Gasteiger partial charge is 0.235 e. The van der Waals surface area contributed by atoms with Crippen LogP contribution in [-0.4, -0.2) is 26.4 Å². The summed E-state index contributed by atoms with van der Waals surface area (Å²) in [5, 5.41) is 11.4. The van der Waals surface area contributed by atoms with E-state index < -0.39 is 29.3 Å². The molecule has 31 heavy (non-hydrogen) atoms. The number of thioether (sulfide) groups is 1. The number of carbonyl (C=O) groups excluding carboxylic acids is 1. The van der Waals surface area contributed by atoms with Gasteiger partial charge in [-0.25, -0.2) is 8.78 Å². The Morgan fingerprint density at radius 1 is 1.26 bits per heavy atom. The van der Waals surface area contributed by atoms with Gasteiger partial charge < -0.3 is 10.1 Å². The van der Waals surface area contributed by atoms with Gasteiger partial charge in [0.15, 0.2) is 17.1 Å². The number of allylic oxidation sites excluding steroid dienone is 1. The molecule has 0 aliphatic rings. The molecule has 1 aromatic heterocycles. The Kier molecular flexibility index (Phi) is 7.64. The molecule has 0 fully saturated rings. The maximum absolute atomic E-state index is 13.7. The van der Waals surface area contributed by atoms with Gasteiger partial charge in [-0.2, -0.15) is 0 Å². The second-order valence-corrected chi connectivity index (χ2v) is 7.71. The van der Waals surface area contributed by atoms with Crippen LogP contribution in [0.15, 0.2) is 60.3 Å². The van der Waals surface area contributed by atoms with Gasteiger partial charge in [0.2, 0.25) is 5.91 Å². The van der Waals surface area contributed by atoms with Crippen LogP contribution in [0.2, 0.25) is 5.02 Å². The van der Waals surface area contributed by atoms with Crippen molar-refractivity contribution < 1.29 is 18.3 Å². The Hall–Kier alpha value is -2.91. The number of ether oxygens (including phenoxy) is 1. The molecule has 1 heterocycles. The third-order valence-electron chi connectivity index (χ3n) is 4.12. The summed E-state index contributed by atoms with van der Waals surface area (Å²) in [5.41, 5.74) is -0.483. The van der Waals surface area contributed by atoms with Crippen LogP contribution in [0.4, 0.5) is 14.5 Å². The highest BCUT2D eigenvalue weighted by Gasteiger charge is 2.21. The van der Waals surface area contributed by atoms with Gasteiger partial charge in [0, 0.05) is 6.54 Å². The number of carbonyl (C=O) groups is 1. The molecule has 10 heteroatoms. The maximum Gasteiger partial charge on any atom is 0.235 e. The van der Waals surface area contributed by atoms with Crippen molar-refractivity contribution in [2.24, 2.45) is 0 Å². The Bertz CT molecular complexity index is 1070. The summed E-state index contributed by atoms with van der Waals surface area (Å²) in [6.07, 6.45) is 1.18. The minimum atomic E-state index is -0.846. The molecule has 0 saturated carbocycles. The van der Waals surface area contributed by atoms with Crippen LogP contribution in [0.25, 0.3) is 0 Å². The molecule has 0 aliphatic heterocycles. The zero-order chi connectivity index (χ0) is 22.4. The largest absolute Gasteiger partial charge is 0.481 e. The molecule has 0 radical (unpaired) electrons. The fraction of sp³-hybridized carbons (Fsp3) is 0.190. The number of hydrogen-bond donors (Lipinski definition) is 1. The van der Waals surface area contributed by atoms with Crippen molar-refractivity contribution in [1.29, 1.82) is 0 Å². The van der Waals surface area contributed by atoms with Crippen molar-refractivity contribution in [2.45, 2.75) is 24.7 Å². The Balaban J connectivity index is 1.70. The van der Waals surface area contributed by atoms with Gasteiger partial charge in [0.05, 0.1) is 10.8 Å². The average Bonchev–Trinajstić information content (AvgIpc) is 3.14. The van der Waals surface area contributed by atoms with Gasteiger partial charge in [-0.1, -0.05) is 47.6 Å². The lowest BCUT2D eigenvalue weighted by Gasteiger charge is -2.16. The van der Waals surface area contributed by atoms with Gasteiger partial charge in [-0.15, -0.1) is 16.8 Å². The Morgan fingerprint density at radius 2 is 1.97 bits per heavy atom. The number of amides is 1. The lowest BCUT2D eigenvalue weighted by atomic mass is 10.3. The first-order valence-corrected chi connectivity index (χ1v) is 10.6. The molecule has 162 valence electrons. The van der Waals surface area contributed by atoms with Gasteiger partial charge in [0.1, 0.15) is 23.1 Å². The van der Waals surface area contributed by atoms with E-state index in [0.717, 1.165) is 23.9 Å². The van der Waals surface area contributed by atoms with Crippen molar-refractivity contribution in [2.75, 3.05) is 11.1 Å². The van der Waals surface area contributed by atoms with Gasteiger partial charge in [0.25, 0.3) is 0 Å². The average molecular weight is 465 g/mol. The highest BCUT2D eigenvalue weighted by atomic mass is 35.5. The third-order valence-corrected chi connectivity index (χ3v) is 5.40. The second kappa shape index (κ2) is 10.4. The quantitative estimate of drug-likeness (QED) is 0.345. The lowest BCUT2D eigenvalue weighted by Crippen LogP contribution is -2.17. The van der Waals surface area contributed by atoms with Crippen molar-refractivity contribution in [3.05, 3.63) is 77.6 Å². The highest BCUT2D eigenvalue weighted by molar-refractivity contribution is 7.99. The first kappa shape index (κ1) is 22.8. The molecule has 6 nitrogen and oxygen atoms in total. The third kappa shape index (κ3) is 5.62. The molecular formula is C21H19ClF2N4O2S. The molecule has 0 spiro atoms. The number of para-hydroxylation sites is 2. The fourth-order valence-corrected chi connectivity index (χ4v) is 3.65. The fourth-order valence-electron chi connectivity index (χ4n) is 2.71. The molecule has 1 unspecified atom stereocenters. The summed E-state index contributed by atoms with van der Waals surface area (Å²) >= 11 is 7.23. The molecule has 0 bridgehead atoms. The molecule has 0 saturated heterocycles. The minimum Gasteiger partial charge on any atom is -0.481 e. The van der Waals surface area contributed by atoms with E-state index in [2.05, 4.69) is 22.1 Å². The van der Waals surface area contributed by atoms with Crippen LogP contribution < -0.4 is 10.1 Å². The molecule has 2 aromatic carbocycles. The number of halogens is 3. The first-order valence-electron chi connectivity index (χ1n) is 9.22. The molecule has 1 atom stereocenters. The van der Waals surface area contributed by atoms with Crippen molar-refractivity contribution in [3.63, 3.8) is 0 Å². The van der Waals surface area contributed by atoms with Crippen molar-refractivity contribution in [3.8, 4) is 5.75 Å². The zero-order valence-corrected chi connectivity index (χ0v) is 18.1. The monoisotopic (exact) mass is 464 g/mol. The molecule has 0 aliphatic carbocycles. The molecular weight excluding hydrogens is 446 g/mol. The standard InChI is InChI=1S/C21H19ClF2N4O2S/c1-3-11-28-20(13(2)30-17-10-5-4-7-14(17)22)26-27-21(28)31-12-18(29)25-19-15(23)8-6-9-16(19)24/h3-10,13H,1,11-12H2,2H3,(H,25,29). The summed E-state index contributed by atoms with van der Waals surface area (Å²) in [6, 6.07) is 10.4. The van der Waals surface area contributed by atoms with Crippen LogP contribution in [0.5, 0.6) is 5.75 Å². The summed E-state index contributed by atoms with van der Waals surface area (Å²) < 4.78 is 35.1. The number of hydrogen-bond acceptors (Lipinski definition) is 5. The number of anilines is 1. The van der Waals surface area contributed by atoms with Crippen molar-refractivity contribution >= 4 is 35.0 Å². The van der Waals surface area contributed by atoms with Gasteiger partial charge in [-0.05, 0) is 31.2 Å². The number of nitrogens with zero attached hydrogens (tertiary/aromatic N) is 3.